The molecule has 2 aromatic rings. The van der Waals surface area contributed by atoms with Crippen molar-refractivity contribution in [2.45, 2.75) is 30.1 Å². The summed E-state index contributed by atoms with van der Waals surface area (Å²) in [5, 5.41) is 12.2. The average Bonchev–Trinajstić information content (AvgIpc) is 3.09. The number of rotatable bonds is 3. The van der Waals surface area contributed by atoms with Crippen molar-refractivity contribution in [1.29, 1.82) is 5.41 Å². The Morgan fingerprint density at radius 1 is 1.31 bits per heavy atom. The smallest absolute Gasteiger partial charge is 0.166 e. The molecule has 2 aromatic heterocycles. The summed E-state index contributed by atoms with van der Waals surface area (Å²) in [4.78, 5) is 5.72. The van der Waals surface area contributed by atoms with Crippen molar-refractivity contribution in [2.75, 3.05) is 26.1 Å². The van der Waals surface area contributed by atoms with E-state index in [-0.39, 0.29) is 11.6 Å². The molecule has 29 heavy (non-hydrogen) atoms. The largest absolute Gasteiger partial charge is 0.495 e. The molecular formula is C19H22ClN3O4S2. The van der Waals surface area contributed by atoms with Crippen molar-refractivity contribution in [3.63, 3.8) is 0 Å². The number of halogens is 1. The summed E-state index contributed by atoms with van der Waals surface area (Å²) < 4.78 is 36.0. The molecule has 1 atom stereocenters. The van der Waals surface area contributed by atoms with Crippen LogP contribution >= 0.6 is 22.9 Å². The molecule has 0 unspecified atom stereocenters. The third-order valence-electron chi connectivity index (χ3n) is 5.65. The van der Waals surface area contributed by atoms with E-state index in [9.17, 15) is 8.42 Å². The third-order valence-corrected chi connectivity index (χ3v) is 10.3. The summed E-state index contributed by atoms with van der Waals surface area (Å²) in [6, 6.07) is 3.66. The number of aromatic nitrogens is 1. The minimum absolute atomic E-state index is 0.0311. The van der Waals surface area contributed by atoms with Crippen LogP contribution in [0.2, 0.25) is 5.02 Å². The first-order chi connectivity index (χ1) is 13.7. The lowest BCUT2D eigenvalue weighted by atomic mass is 9.93. The van der Waals surface area contributed by atoms with Crippen LogP contribution in [0.3, 0.4) is 0 Å². The summed E-state index contributed by atoms with van der Waals surface area (Å²) in [7, 11) is -2.01. The molecule has 2 N–H and O–H groups in total. The van der Waals surface area contributed by atoms with Crippen LogP contribution in [0, 0.1) is 5.41 Å². The molecule has 4 heterocycles. The zero-order chi connectivity index (χ0) is 20.9. The van der Waals surface area contributed by atoms with Gasteiger partial charge in [0.1, 0.15) is 16.3 Å². The second kappa shape index (κ2) is 7.23. The Kier molecular flexibility index (Phi) is 5.13. The summed E-state index contributed by atoms with van der Waals surface area (Å²) in [5.41, 5.74) is -0.146. The first kappa shape index (κ1) is 20.6. The molecule has 2 saturated heterocycles. The Bertz CT molecular complexity index is 1060. The number of amidine groups is 1. The highest BCUT2D eigenvalue weighted by molar-refractivity contribution is 7.93. The van der Waals surface area contributed by atoms with Crippen LogP contribution in [0.1, 0.15) is 24.6 Å². The van der Waals surface area contributed by atoms with Gasteiger partial charge in [-0.05, 0) is 31.9 Å². The van der Waals surface area contributed by atoms with Crippen molar-refractivity contribution in [1.82, 2.24) is 10.3 Å². The predicted molar refractivity (Wildman–Crippen MR) is 114 cm³/mol. The van der Waals surface area contributed by atoms with Crippen LogP contribution in [0.15, 0.2) is 24.5 Å². The lowest BCUT2D eigenvalue weighted by Crippen LogP contribution is -2.67. The Balaban J connectivity index is 1.72. The van der Waals surface area contributed by atoms with Gasteiger partial charge in [-0.3, -0.25) is 10.4 Å². The summed E-state index contributed by atoms with van der Waals surface area (Å²) >= 11 is 7.94. The minimum Gasteiger partial charge on any atom is -0.495 e. The van der Waals surface area contributed by atoms with E-state index in [2.05, 4.69) is 10.3 Å². The fourth-order valence-corrected chi connectivity index (χ4v) is 8.16. The van der Waals surface area contributed by atoms with Gasteiger partial charge in [0.15, 0.2) is 9.84 Å². The highest BCUT2D eigenvalue weighted by Crippen LogP contribution is 2.46. The summed E-state index contributed by atoms with van der Waals surface area (Å²) in [5.74, 6) is 0.531. The normalized spacial score (nSPS) is 25.6. The number of hydrogen-bond donors (Lipinski definition) is 2. The van der Waals surface area contributed by atoms with Crippen molar-refractivity contribution in [3.05, 3.63) is 34.4 Å². The quantitative estimate of drug-likeness (QED) is 0.736. The van der Waals surface area contributed by atoms with Gasteiger partial charge in [0.25, 0.3) is 0 Å². The molecule has 1 spiro atoms. The van der Waals surface area contributed by atoms with Gasteiger partial charge in [-0.2, -0.15) is 0 Å². The second-order valence-corrected chi connectivity index (χ2v) is 11.4. The number of nitrogens with zero attached hydrogens (tertiary/aromatic N) is 1. The Morgan fingerprint density at radius 2 is 2.03 bits per heavy atom. The molecule has 0 radical (unpaired) electrons. The van der Waals surface area contributed by atoms with Crippen molar-refractivity contribution < 1.29 is 17.9 Å². The third kappa shape index (κ3) is 3.34. The van der Waals surface area contributed by atoms with E-state index in [0.717, 1.165) is 10.4 Å². The minimum atomic E-state index is -3.59. The maximum Gasteiger partial charge on any atom is 0.166 e. The van der Waals surface area contributed by atoms with E-state index < -0.39 is 20.1 Å². The predicted octanol–water partition coefficient (Wildman–Crippen LogP) is 3.23. The van der Waals surface area contributed by atoms with Gasteiger partial charge in [-0.1, -0.05) is 11.6 Å². The number of nitrogens with one attached hydrogen (secondary N) is 2. The first-order valence-electron chi connectivity index (χ1n) is 9.17. The van der Waals surface area contributed by atoms with Crippen LogP contribution in [-0.2, 0) is 20.1 Å². The maximum absolute atomic E-state index is 13.3. The SMILES string of the molecule is COc1cncc(-c2cc(Cl)c([C@]3(C)CS(=O)(=O)C4(CCOCC4)C(=N)N3)s2)c1. The number of pyridine rings is 1. The van der Waals surface area contributed by atoms with Gasteiger partial charge in [-0.15, -0.1) is 11.3 Å². The van der Waals surface area contributed by atoms with Gasteiger partial charge in [0.2, 0.25) is 0 Å². The molecule has 0 saturated carbocycles. The molecule has 0 bridgehead atoms. The maximum atomic E-state index is 13.3. The van der Waals surface area contributed by atoms with E-state index in [1.54, 1.807) is 32.5 Å². The molecule has 0 aromatic carbocycles. The Hall–Kier alpha value is -1.68. The first-order valence-corrected chi connectivity index (χ1v) is 12.0. The lowest BCUT2D eigenvalue weighted by molar-refractivity contribution is 0.0862. The number of hydrogen-bond acceptors (Lipinski definition) is 7. The molecule has 2 fully saturated rings. The van der Waals surface area contributed by atoms with Crippen molar-refractivity contribution in [3.8, 4) is 16.2 Å². The van der Waals surface area contributed by atoms with Crippen LogP contribution in [0.5, 0.6) is 5.75 Å². The average molecular weight is 456 g/mol. The molecule has 2 aliphatic heterocycles. The van der Waals surface area contributed by atoms with E-state index >= 15 is 0 Å². The van der Waals surface area contributed by atoms with Crippen LogP contribution in [0.25, 0.3) is 10.4 Å². The fourth-order valence-electron chi connectivity index (χ4n) is 4.04. The number of thiophene rings is 1. The van der Waals surface area contributed by atoms with E-state index in [1.807, 2.05) is 6.07 Å². The lowest BCUT2D eigenvalue weighted by Gasteiger charge is -2.47. The fraction of sp³-hybridized carbons (Fsp3) is 0.474. The number of methoxy groups -OCH3 is 1. The Labute approximate surface area is 178 Å². The highest BCUT2D eigenvalue weighted by Gasteiger charge is 2.57. The molecule has 4 rings (SSSR count). The number of ether oxygens (including phenoxy) is 2. The molecule has 0 amide bonds. The van der Waals surface area contributed by atoms with Crippen LogP contribution in [0.4, 0.5) is 0 Å². The molecule has 2 aliphatic rings. The van der Waals surface area contributed by atoms with Gasteiger partial charge in [0, 0.05) is 34.7 Å². The van der Waals surface area contributed by atoms with Gasteiger partial charge >= 0.3 is 0 Å². The molecule has 10 heteroatoms. The van der Waals surface area contributed by atoms with Crippen molar-refractivity contribution in [2.24, 2.45) is 0 Å². The molecule has 0 aliphatic carbocycles. The zero-order valence-corrected chi connectivity index (χ0v) is 18.5. The topological polar surface area (TPSA) is 101 Å². The van der Waals surface area contributed by atoms with E-state index in [1.165, 1.54) is 11.3 Å². The molecular weight excluding hydrogens is 434 g/mol. The van der Waals surface area contributed by atoms with Crippen LogP contribution in [-0.4, -0.2) is 50.1 Å². The van der Waals surface area contributed by atoms with Gasteiger partial charge < -0.3 is 14.8 Å². The van der Waals surface area contributed by atoms with Crippen LogP contribution < -0.4 is 10.1 Å². The van der Waals surface area contributed by atoms with Gasteiger partial charge in [0.05, 0.1) is 29.6 Å². The standard InChI is InChI=1S/C19H22ClN3O4S2/c1-18(11-29(24,25)19(17(21)23-18)3-5-27-6-4-19)16-14(20)8-15(28-16)12-7-13(26-2)10-22-9-12/h7-10H,3-6,11H2,1-2H3,(H2,21,23)/t18-/m0/s1. The summed E-state index contributed by atoms with van der Waals surface area (Å²) in [6.45, 7) is 2.47. The molecule has 156 valence electrons. The number of sulfone groups is 1. The Morgan fingerprint density at radius 3 is 2.69 bits per heavy atom. The summed E-state index contributed by atoms with van der Waals surface area (Å²) in [6.07, 6.45) is 3.93. The van der Waals surface area contributed by atoms with Gasteiger partial charge in [-0.25, -0.2) is 8.42 Å². The monoisotopic (exact) mass is 455 g/mol. The second-order valence-electron chi connectivity index (χ2n) is 7.60. The van der Waals surface area contributed by atoms with E-state index in [0.29, 0.717) is 41.7 Å². The molecule has 7 nitrogen and oxygen atoms in total. The van der Waals surface area contributed by atoms with E-state index in [4.69, 9.17) is 26.5 Å². The highest BCUT2D eigenvalue weighted by atomic mass is 35.5. The van der Waals surface area contributed by atoms with Crippen molar-refractivity contribution >= 4 is 38.6 Å². The zero-order valence-electron chi connectivity index (χ0n) is 16.1.